The fourth-order valence-electron chi connectivity index (χ4n) is 7.16. The van der Waals surface area contributed by atoms with Gasteiger partial charge in [-0.2, -0.15) is 10.5 Å². The van der Waals surface area contributed by atoms with Gasteiger partial charge in [-0.15, -0.1) is 0 Å². The summed E-state index contributed by atoms with van der Waals surface area (Å²) in [7, 11) is 0. The summed E-state index contributed by atoms with van der Waals surface area (Å²) in [5, 5.41) is 23.9. The Balaban J connectivity index is 1.36. The first-order chi connectivity index (χ1) is 23.7. The highest BCUT2D eigenvalue weighted by Gasteiger charge is 2.22. The number of hydrogen-bond acceptors (Lipinski definition) is 3. The van der Waals surface area contributed by atoms with E-state index in [4.69, 9.17) is 0 Å². The zero-order valence-corrected chi connectivity index (χ0v) is 25.8. The second-order valence-electron chi connectivity index (χ2n) is 12.1. The Morgan fingerprint density at radius 1 is 0.396 bits per heavy atom. The molecule has 0 amide bonds. The number of aromatic nitrogens is 1. The minimum absolute atomic E-state index is 0.602. The molecule has 4 heteroatoms. The van der Waals surface area contributed by atoms with Crippen molar-refractivity contribution in [3.8, 4) is 34.4 Å². The summed E-state index contributed by atoms with van der Waals surface area (Å²) in [6.45, 7) is 0. The smallest absolute Gasteiger partial charge is 0.0992 e. The summed E-state index contributed by atoms with van der Waals surface area (Å²) >= 11 is 0. The van der Waals surface area contributed by atoms with Crippen molar-refractivity contribution in [2.24, 2.45) is 0 Å². The maximum atomic E-state index is 9.80. The van der Waals surface area contributed by atoms with Gasteiger partial charge >= 0.3 is 0 Å². The van der Waals surface area contributed by atoms with Crippen LogP contribution in [0.3, 0.4) is 0 Å². The van der Waals surface area contributed by atoms with Gasteiger partial charge in [-0.05, 0) is 82.9 Å². The molecule has 0 aliphatic heterocycles. The Labute approximate surface area is 277 Å². The quantitative estimate of drug-likeness (QED) is 0.195. The first-order valence-corrected chi connectivity index (χ1v) is 15.9. The van der Waals surface area contributed by atoms with Crippen LogP contribution >= 0.6 is 0 Å². The maximum Gasteiger partial charge on any atom is 0.0992 e. The van der Waals surface area contributed by atoms with Gasteiger partial charge in [-0.25, -0.2) is 0 Å². The molecule has 0 aliphatic rings. The highest BCUT2D eigenvalue weighted by molar-refractivity contribution is 6.24. The Morgan fingerprint density at radius 2 is 0.854 bits per heavy atom. The lowest BCUT2D eigenvalue weighted by Crippen LogP contribution is -2.10. The summed E-state index contributed by atoms with van der Waals surface area (Å²) in [6, 6.07) is 59.3. The molecule has 4 nitrogen and oxygen atoms in total. The Bertz CT molecular complexity index is 2560. The standard InChI is InChI=1S/C44H26N4/c45-27-29-17-19-38-40-25-37(26-41-39-20-18-30(28-46)22-43(39)48(44(40)41)42(38)21-29)47(35-15-7-13-33(23-35)31-9-3-1-4-10-31)36-16-8-14-34(24-36)32-11-5-2-6-12-32/h1-26H. The van der Waals surface area contributed by atoms with Crippen molar-refractivity contribution in [2.45, 2.75) is 0 Å². The normalized spacial score (nSPS) is 11.3. The van der Waals surface area contributed by atoms with E-state index in [2.05, 4.69) is 143 Å². The molecule has 7 aromatic carbocycles. The topological polar surface area (TPSA) is 55.2 Å². The van der Waals surface area contributed by atoms with Crippen LogP contribution in [0.5, 0.6) is 0 Å². The summed E-state index contributed by atoms with van der Waals surface area (Å²) in [5.74, 6) is 0. The van der Waals surface area contributed by atoms with E-state index in [1.807, 2.05) is 36.4 Å². The number of nitriles is 2. The van der Waals surface area contributed by atoms with E-state index in [1.54, 1.807) is 0 Å². The highest BCUT2D eigenvalue weighted by Crippen LogP contribution is 2.45. The van der Waals surface area contributed by atoms with E-state index in [0.29, 0.717) is 11.1 Å². The van der Waals surface area contributed by atoms with Crippen molar-refractivity contribution in [2.75, 3.05) is 4.90 Å². The van der Waals surface area contributed by atoms with Gasteiger partial charge in [0.1, 0.15) is 0 Å². The van der Waals surface area contributed by atoms with E-state index in [1.165, 1.54) is 0 Å². The molecule has 0 N–H and O–H groups in total. The highest BCUT2D eigenvalue weighted by atomic mass is 15.1. The van der Waals surface area contributed by atoms with Crippen LogP contribution in [-0.2, 0) is 0 Å². The lowest BCUT2D eigenvalue weighted by atomic mass is 10.0. The minimum atomic E-state index is 0.602. The van der Waals surface area contributed by atoms with Crippen molar-refractivity contribution in [1.29, 1.82) is 10.5 Å². The molecule has 0 radical (unpaired) electrons. The molecule has 9 rings (SSSR count). The molecular formula is C44H26N4. The van der Waals surface area contributed by atoms with Crippen LogP contribution in [0.1, 0.15) is 11.1 Å². The fourth-order valence-corrected chi connectivity index (χ4v) is 7.16. The molecule has 0 saturated carbocycles. The third-order valence-electron chi connectivity index (χ3n) is 9.32. The van der Waals surface area contributed by atoms with Gasteiger partial charge < -0.3 is 9.30 Å². The van der Waals surface area contributed by atoms with E-state index in [-0.39, 0.29) is 0 Å². The van der Waals surface area contributed by atoms with Crippen LogP contribution in [0.15, 0.2) is 158 Å². The van der Waals surface area contributed by atoms with E-state index < -0.39 is 0 Å². The van der Waals surface area contributed by atoms with Crippen LogP contribution in [0.25, 0.3) is 60.3 Å². The zero-order chi connectivity index (χ0) is 32.2. The lowest BCUT2D eigenvalue weighted by Gasteiger charge is -2.27. The molecule has 9 aromatic rings. The number of fused-ring (bicyclic) bond motifs is 6. The largest absolute Gasteiger partial charge is 0.310 e. The second kappa shape index (κ2) is 10.9. The first-order valence-electron chi connectivity index (χ1n) is 15.9. The van der Waals surface area contributed by atoms with Crippen LogP contribution in [0.2, 0.25) is 0 Å². The molecule has 2 heterocycles. The number of anilines is 3. The van der Waals surface area contributed by atoms with Crippen molar-refractivity contribution >= 4 is 55.2 Å². The van der Waals surface area contributed by atoms with Crippen molar-refractivity contribution in [3.63, 3.8) is 0 Å². The SMILES string of the molecule is N#Cc1ccc2c3cc(N(c4cccc(-c5ccccc5)c4)c4cccc(-c5ccccc5)c4)cc4c5ccc(C#N)cc5n(c2c1)c34. The van der Waals surface area contributed by atoms with Crippen LogP contribution in [0, 0.1) is 22.7 Å². The molecule has 0 bridgehead atoms. The number of benzene rings is 7. The van der Waals surface area contributed by atoms with Gasteiger partial charge in [0.05, 0.1) is 39.8 Å². The average molecular weight is 611 g/mol. The Kier molecular flexibility index (Phi) is 6.22. The van der Waals surface area contributed by atoms with Gasteiger partial charge in [0.2, 0.25) is 0 Å². The summed E-state index contributed by atoms with van der Waals surface area (Å²) < 4.78 is 2.22. The first kappa shape index (κ1) is 27.4. The van der Waals surface area contributed by atoms with Gasteiger partial charge in [-0.1, -0.05) is 97.1 Å². The van der Waals surface area contributed by atoms with E-state index in [9.17, 15) is 10.5 Å². The molecule has 48 heavy (non-hydrogen) atoms. The minimum Gasteiger partial charge on any atom is -0.310 e. The Hall–Kier alpha value is -6.88. The zero-order valence-electron chi connectivity index (χ0n) is 25.8. The lowest BCUT2D eigenvalue weighted by molar-refractivity contribution is 1.29. The summed E-state index contributed by atoms with van der Waals surface area (Å²) in [4.78, 5) is 2.34. The molecule has 0 aliphatic carbocycles. The van der Waals surface area contributed by atoms with Crippen molar-refractivity contribution in [3.05, 3.63) is 169 Å². The van der Waals surface area contributed by atoms with Gasteiger partial charge in [-0.3, -0.25) is 0 Å². The molecule has 2 aromatic heterocycles. The molecular weight excluding hydrogens is 585 g/mol. The average Bonchev–Trinajstić information content (AvgIpc) is 3.66. The molecule has 0 saturated heterocycles. The van der Waals surface area contributed by atoms with Gasteiger partial charge in [0.15, 0.2) is 0 Å². The molecule has 0 atom stereocenters. The number of rotatable bonds is 5. The third kappa shape index (κ3) is 4.29. The van der Waals surface area contributed by atoms with Crippen molar-refractivity contribution < 1.29 is 0 Å². The molecule has 0 spiro atoms. The molecule has 222 valence electrons. The van der Waals surface area contributed by atoms with Crippen LogP contribution in [0.4, 0.5) is 17.1 Å². The van der Waals surface area contributed by atoms with Gasteiger partial charge in [0, 0.05) is 38.6 Å². The molecule has 0 fully saturated rings. The van der Waals surface area contributed by atoms with E-state index in [0.717, 1.165) is 77.4 Å². The van der Waals surface area contributed by atoms with Crippen LogP contribution < -0.4 is 4.90 Å². The number of hydrogen-bond donors (Lipinski definition) is 0. The van der Waals surface area contributed by atoms with Crippen molar-refractivity contribution in [1.82, 2.24) is 4.40 Å². The van der Waals surface area contributed by atoms with Crippen LogP contribution in [-0.4, -0.2) is 4.40 Å². The maximum absolute atomic E-state index is 9.80. The fraction of sp³-hybridized carbons (Fsp3) is 0. The predicted octanol–water partition coefficient (Wildman–Crippen LogP) is 11.4. The molecule has 0 unspecified atom stereocenters. The monoisotopic (exact) mass is 610 g/mol. The Morgan fingerprint density at radius 3 is 1.31 bits per heavy atom. The predicted molar refractivity (Wildman–Crippen MR) is 196 cm³/mol. The number of nitrogens with zero attached hydrogens (tertiary/aromatic N) is 4. The second-order valence-corrected chi connectivity index (χ2v) is 12.1. The third-order valence-corrected chi connectivity index (χ3v) is 9.32. The van der Waals surface area contributed by atoms with E-state index >= 15 is 0 Å². The van der Waals surface area contributed by atoms with Gasteiger partial charge in [0.25, 0.3) is 0 Å². The summed E-state index contributed by atoms with van der Waals surface area (Å²) in [6.07, 6.45) is 0. The summed E-state index contributed by atoms with van der Waals surface area (Å²) in [5.41, 5.74) is 11.9.